The van der Waals surface area contributed by atoms with E-state index >= 15 is 0 Å². The summed E-state index contributed by atoms with van der Waals surface area (Å²) < 4.78 is 0. The molecule has 5 N–H and O–H groups in total. The van der Waals surface area contributed by atoms with Crippen LogP contribution >= 0.6 is 0 Å². The minimum atomic E-state index is -0.129. The second kappa shape index (κ2) is 7.31. The molecule has 0 spiro atoms. The number of aryl methyl sites for hydroxylation is 1. The molecule has 1 fully saturated rings. The van der Waals surface area contributed by atoms with Gasteiger partial charge < -0.3 is 21.1 Å². The SMILES string of the molecule is CC.CCc1cc(C2CCC(CO)N2)c(=O)[nH]c1N. The smallest absolute Gasteiger partial charge is 0.254 e. The summed E-state index contributed by atoms with van der Waals surface area (Å²) in [7, 11) is 0. The van der Waals surface area contributed by atoms with Crippen molar-refractivity contribution < 1.29 is 5.11 Å². The Balaban J connectivity index is 0.000000861. The van der Waals surface area contributed by atoms with Crippen molar-refractivity contribution in [3.05, 3.63) is 27.5 Å². The molecule has 2 rings (SSSR count). The van der Waals surface area contributed by atoms with Crippen LogP contribution in [-0.4, -0.2) is 22.7 Å². The summed E-state index contributed by atoms with van der Waals surface area (Å²) in [5.41, 5.74) is 7.30. The number of pyridine rings is 1. The van der Waals surface area contributed by atoms with E-state index in [0.717, 1.165) is 30.4 Å². The van der Waals surface area contributed by atoms with E-state index < -0.39 is 0 Å². The number of nitrogen functional groups attached to an aromatic ring is 1. The fraction of sp³-hybridized carbons (Fsp3) is 0.643. The highest BCUT2D eigenvalue weighted by molar-refractivity contribution is 5.41. The van der Waals surface area contributed by atoms with Gasteiger partial charge in [0.15, 0.2) is 0 Å². The largest absolute Gasteiger partial charge is 0.395 e. The Hall–Kier alpha value is -1.33. The molecule has 0 bridgehead atoms. The quantitative estimate of drug-likeness (QED) is 0.665. The molecule has 0 radical (unpaired) electrons. The Morgan fingerprint density at radius 3 is 2.63 bits per heavy atom. The standard InChI is InChI=1S/C12H19N3O2.C2H6/c1-2-7-5-9(12(17)15-11(7)13)10-4-3-8(6-16)14-10;1-2/h5,8,10,14,16H,2-4,6H2,1H3,(H3,13,15,17);1-2H3. The highest BCUT2D eigenvalue weighted by atomic mass is 16.3. The van der Waals surface area contributed by atoms with Crippen LogP contribution < -0.4 is 16.6 Å². The summed E-state index contributed by atoms with van der Waals surface area (Å²) in [5, 5.41) is 12.3. The van der Waals surface area contributed by atoms with E-state index in [1.807, 2.05) is 26.8 Å². The van der Waals surface area contributed by atoms with Crippen LogP contribution in [0.3, 0.4) is 0 Å². The number of rotatable bonds is 3. The first-order valence-corrected chi connectivity index (χ1v) is 7.04. The van der Waals surface area contributed by atoms with Gasteiger partial charge in [0.05, 0.1) is 6.61 Å². The molecule has 1 aromatic heterocycles. The van der Waals surface area contributed by atoms with E-state index in [2.05, 4.69) is 10.3 Å². The Labute approximate surface area is 114 Å². The summed E-state index contributed by atoms with van der Waals surface area (Å²) in [5.74, 6) is 0.456. The van der Waals surface area contributed by atoms with Crippen molar-refractivity contribution in [1.82, 2.24) is 10.3 Å². The minimum Gasteiger partial charge on any atom is -0.395 e. The van der Waals surface area contributed by atoms with Gasteiger partial charge in [-0.3, -0.25) is 4.79 Å². The van der Waals surface area contributed by atoms with E-state index in [9.17, 15) is 4.79 Å². The third kappa shape index (κ3) is 3.58. The maximum absolute atomic E-state index is 11.9. The molecule has 0 amide bonds. The van der Waals surface area contributed by atoms with Crippen LogP contribution in [0.4, 0.5) is 5.82 Å². The highest BCUT2D eigenvalue weighted by Crippen LogP contribution is 2.25. The predicted molar refractivity (Wildman–Crippen MR) is 78.2 cm³/mol. The van der Waals surface area contributed by atoms with Crippen molar-refractivity contribution >= 4 is 5.82 Å². The van der Waals surface area contributed by atoms with Crippen molar-refractivity contribution in [3.8, 4) is 0 Å². The molecular formula is C14H25N3O2. The number of nitrogens with two attached hydrogens (primary N) is 1. The van der Waals surface area contributed by atoms with Crippen molar-refractivity contribution in [1.29, 1.82) is 0 Å². The molecule has 1 saturated heterocycles. The molecule has 2 heterocycles. The van der Waals surface area contributed by atoms with Gasteiger partial charge in [-0.05, 0) is 30.9 Å². The third-order valence-electron chi connectivity index (χ3n) is 3.40. The van der Waals surface area contributed by atoms with E-state index in [1.165, 1.54) is 0 Å². The van der Waals surface area contributed by atoms with Gasteiger partial charge in [-0.1, -0.05) is 20.8 Å². The molecule has 0 saturated carbocycles. The molecular weight excluding hydrogens is 242 g/mol. The zero-order valence-corrected chi connectivity index (χ0v) is 12.0. The second-order valence-corrected chi connectivity index (χ2v) is 4.52. The van der Waals surface area contributed by atoms with Crippen LogP contribution in [0.2, 0.25) is 0 Å². The van der Waals surface area contributed by atoms with Crippen molar-refractivity contribution in [2.24, 2.45) is 0 Å². The van der Waals surface area contributed by atoms with Gasteiger partial charge in [-0.15, -0.1) is 0 Å². The first-order valence-electron chi connectivity index (χ1n) is 7.04. The Morgan fingerprint density at radius 1 is 1.42 bits per heavy atom. The molecule has 19 heavy (non-hydrogen) atoms. The average Bonchev–Trinajstić information content (AvgIpc) is 2.90. The van der Waals surface area contributed by atoms with Gasteiger partial charge in [-0.25, -0.2) is 0 Å². The number of nitrogens with one attached hydrogen (secondary N) is 2. The fourth-order valence-corrected chi connectivity index (χ4v) is 2.37. The minimum absolute atomic E-state index is 0.0294. The van der Waals surface area contributed by atoms with Gasteiger partial charge in [0.25, 0.3) is 5.56 Å². The van der Waals surface area contributed by atoms with Crippen LogP contribution in [0.25, 0.3) is 0 Å². The Kier molecular flexibility index (Phi) is 6.05. The summed E-state index contributed by atoms with van der Waals surface area (Å²) in [6, 6.07) is 2.01. The van der Waals surface area contributed by atoms with Gasteiger partial charge in [0, 0.05) is 17.6 Å². The van der Waals surface area contributed by atoms with E-state index in [0.29, 0.717) is 5.82 Å². The van der Waals surface area contributed by atoms with Crippen molar-refractivity contribution in [2.45, 2.75) is 52.1 Å². The van der Waals surface area contributed by atoms with Gasteiger partial charge >= 0.3 is 0 Å². The molecule has 0 aliphatic carbocycles. The first-order chi connectivity index (χ1) is 9.15. The molecule has 5 nitrogen and oxygen atoms in total. The molecule has 5 heteroatoms. The number of aliphatic hydroxyl groups excluding tert-OH is 1. The Morgan fingerprint density at radius 2 is 2.11 bits per heavy atom. The molecule has 2 unspecified atom stereocenters. The molecule has 1 aliphatic heterocycles. The van der Waals surface area contributed by atoms with Crippen LogP contribution in [0, 0.1) is 0 Å². The van der Waals surface area contributed by atoms with Crippen LogP contribution in [0.1, 0.15) is 50.8 Å². The number of aliphatic hydroxyl groups is 1. The van der Waals surface area contributed by atoms with Gasteiger partial charge in [0.1, 0.15) is 5.82 Å². The monoisotopic (exact) mass is 267 g/mol. The molecule has 1 aromatic rings. The zero-order valence-electron chi connectivity index (χ0n) is 12.0. The lowest BCUT2D eigenvalue weighted by Crippen LogP contribution is -2.30. The lowest BCUT2D eigenvalue weighted by atomic mass is 10.0. The third-order valence-corrected chi connectivity index (χ3v) is 3.40. The second-order valence-electron chi connectivity index (χ2n) is 4.52. The number of anilines is 1. The highest BCUT2D eigenvalue weighted by Gasteiger charge is 2.26. The van der Waals surface area contributed by atoms with Crippen LogP contribution in [0.5, 0.6) is 0 Å². The fourth-order valence-electron chi connectivity index (χ4n) is 2.37. The summed E-state index contributed by atoms with van der Waals surface area (Å²) in [6.45, 7) is 6.12. The summed E-state index contributed by atoms with van der Waals surface area (Å²) >= 11 is 0. The molecule has 2 atom stereocenters. The van der Waals surface area contributed by atoms with Gasteiger partial charge in [0.2, 0.25) is 0 Å². The maximum Gasteiger partial charge on any atom is 0.254 e. The van der Waals surface area contributed by atoms with E-state index in [4.69, 9.17) is 10.8 Å². The summed E-state index contributed by atoms with van der Waals surface area (Å²) in [6.07, 6.45) is 2.57. The average molecular weight is 267 g/mol. The lowest BCUT2D eigenvalue weighted by molar-refractivity contribution is 0.251. The Bertz CT molecular complexity index is 456. The number of hydrogen-bond donors (Lipinski definition) is 4. The van der Waals surface area contributed by atoms with E-state index in [1.54, 1.807) is 0 Å². The van der Waals surface area contributed by atoms with Crippen molar-refractivity contribution in [3.63, 3.8) is 0 Å². The first kappa shape index (κ1) is 15.7. The maximum atomic E-state index is 11.9. The van der Waals surface area contributed by atoms with Crippen LogP contribution in [0.15, 0.2) is 10.9 Å². The number of H-pyrrole nitrogens is 1. The molecule has 1 aliphatic rings. The number of aromatic amines is 1. The summed E-state index contributed by atoms with van der Waals surface area (Å²) in [4.78, 5) is 14.5. The molecule has 108 valence electrons. The topological polar surface area (TPSA) is 91.1 Å². The number of aromatic nitrogens is 1. The van der Waals surface area contributed by atoms with Crippen LogP contribution in [-0.2, 0) is 6.42 Å². The predicted octanol–water partition coefficient (Wildman–Crippen LogP) is 1.33. The van der Waals surface area contributed by atoms with Crippen molar-refractivity contribution in [2.75, 3.05) is 12.3 Å². The zero-order chi connectivity index (χ0) is 14.4. The lowest BCUT2D eigenvalue weighted by Gasteiger charge is -2.14. The van der Waals surface area contributed by atoms with E-state index in [-0.39, 0.29) is 24.2 Å². The number of hydrogen-bond acceptors (Lipinski definition) is 4. The normalized spacial score (nSPS) is 21.9. The van der Waals surface area contributed by atoms with Gasteiger partial charge in [-0.2, -0.15) is 0 Å². The molecule has 0 aromatic carbocycles.